The highest BCUT2D eigenvalue weighted by molar-refractivity contribution is 5.70. The third-order valence-electron chi connectivity index (χ3n) is 3.22. The van der Waals surface area contributed by atoms with E-state index in [4.69, 9.17) is 5.11 Å². The minimum atomic E-state index is -0.732. The van der Waals surface area contributed by atoms with Gasteiger partial charge in [0.15, 0.2) is 0 Å². The molecule has 3 heteroatoms. The van der Waals surface area contributed by atoms with Crippen LogP contribution in [0.2, 0.25) is 0 Å². The predicted octanol–water partition coefficient (Wildman–Crippen LogP) is 2.04. The summed E-state index contributed by atoms with van der Waals surface area (Å²) in [6.45, 7) is 2.02. The van der Waals surface area contributed by atoms with Crippen molar-refractivity contribution in [1.82, 2.24) is 0 Å². The molecule has 1 rings (SSSR count). The number of aliphatic hydroxyl groups excluding tert-OH is 1. The van der Waals surface area contributed by atoms with E-state index in [2.05, 4.69) is 0 Å². The van der Waals surface area contributed by atoms with E-state index in [0.29, 0.717) is 0 Å². The maximum absolute atomic E-state index is 11.0. The molecule has 1 aliphatic carbocycles. The number of carboxylic acids is 1. The number of aliphatic carboxylic acids is 1. The molecule has 82 valence electrons. The molecule has 1 saturated carbocycles. The topological polar surface area (TPSA) is 57.5 Å². The summed E-state index contributed by atoms with van der Waals surface area (Å²) in [6, 6.07) is 0. The lowest BCUT2D eigenvalue weighted by atomic mass is 9.75. The third-order valence-corrected chi connectivity index (χ3v) is 3.22. The van der Waals surface area contributed by atoms with Gasteiger partial charge in [-0.25, -0.2) is 0 Å². The molecule has 1 fully saturated rings. The summed E-state index contributed by atoms with van der Waals surface area (Å²) in [5.74, 6) is -1.06. The van der Waals surface area contributed by atoms with Gasteiger partial charge in [-0.2, -0.15) is 0 Å². The van der Waals surface area contributed by atoms with Gasteiger partial charge >= 0.3 is 5.97 Å². The zero-order chi connectivity index (χ0) is 10.6. The van der Waals surface area contributed by atoms with E-state index in [1.54, 1.807) is 0 Å². The fourth-order valence-corrected chi connectivity index (χ4v) is 2.44. The third kappa shape index (κ3) is 2.71. The largest absolute Gasteiger partial charge is 0.481 e. The Morgan fingerprint density at radius 3 is 2.64 bits per heavy atom. The van der Waals surface area contributed by atoms with Gasteiger partial charge in [-0.15, -0.1) is 0 Å². The number of carbonyl (C=O) groups is 1. The van der Waals surface area contributed by atoms with Gasteiger partial charge in [0.25, 0.3) is 0 Å². The Bertz CT molecular complexity index is 191. The van der Waals surface area contributed by atoms with Crippen molar-refractivity contribution in [2.45, 2.75) is 51.6 Å². The fraction of sp³-hybridized carbons (Fsp3) is 0.909. The number of hydrogen-bond donors (Lipinski definition) is 2. The maximum Gasteiger partial charge on any atom is 0.306 e. The van der Waals surface area contributed by atoms with Gasteiger partial charge in [-0.3, -0.25) is 4.79 Å². The minimum absolute atomic E-state index is 0.0128. The van der Waals surface area contributed by atoms with E-state index in [0.717, 1.165) is 38.5 Å². The molecule has 0 saturated heterocycles. The number of hydrogen-bond acceptors (Lipinski definition) is 2. The van der Waals surface area contributed by atoms with E-state index in [9.17, 15) is 9.90 Å². The standard InChI is InChI=1S/C11H20O3/c1-2-5-10(12)8-6-3-4-7-9(8)11(13)14/h8-10,12H,2-7H2,1H3,(H,13,14). The molecule has 0 radical (unpaired) electrons. The molecule has 3 atom stereocenters. The van der Waals surface area contributed by atoms with Crippen molar-refractivity contribution in [2.24, 2.45) is 11.8 Å². The zero-order valence-electron chi connectivity index (χ0n) is 8.78. The van der Waals surface area contributed by atoms with Crippen LogP contribution in [0.5, 0.6) is 0 Å². The minimum Gasteiger partial charge on any atom is -0.481 e. The van der Waals surface area contributed by atoms with Crippen LogP contribution in [0.25, 0.3) is 0 Å². The van der Waals surface area contributed by atoms with Crippen LogP contribution in [0.3, 0.4) is 0 Å². The summed E-state index contributed by atoms with van der Waals surface area (Å²) in [4.78, 5) is 11.0. The summed E-state index contributed by atoms with van der Waals surface area (Å²) in [5, 5.41) is 18.8. The van der Waals surface area contributed by atoms with Crippen LogP contribution < -0.4 is 0 Å². The van der Waals surface area contributed by atoms with Gasteiger partial charge in [0, 0.05) is 0 Å². The van der Waals surface area contributed by atoms with E-state index < -0.39 is 12.1 Å². The Balaban J connectivity index is 2.57. The highest BCUT2D eigenvalue weighted by atomic mass is 16.4. The Morgan fingerprint density at radius 2 is 2.07 bits per heavy atom. The van der Waals surface area contributed by atoms with E-state index in [1.807, 2.05) is 6.92 Å². The van der Waals surface area contributed by atoms with Crippen molar-refractivity contribution in [3.05, 3.63) is 0 Å². The second-order valence-corrected chi connectivity index (χ2v) is 4.25. The van der Waals surface area contributed by atoms with Crippen LogP contribution in [0.4, 0.5) is 0 Å². The zero-order valence-corrected chi connectivity index (χ0v) is 8.78. The Kier molecular flexibility index (Phi) is 4.39. The van der Waals surface area contributed by atoms with Crippen LogP contribution in [0, 0.1) is 11.8 Å². The summed E-state index contributed by atoms with van der Waals surface area (Å²) < 4.78 is 0. The molecule has 14 heavy (non-hydrogen) atoms. The average molecular weight is 200 g/mol. The summed E-state index contributed by atoms with van der Waals surface area (Å²) in [6.07, 6.45) is 4.90. The van der Waals surface area contributed by atoms with Crippen molar-refractivity contribution < 1.29 is 15.0 Å². The second kappa shape index (κ2) is 5.35. The molecule has 0 aromatic rings. The average Bonchev–Trinajstić information content (AvgIpc) is 2.18. The SMILES string of the molecule is CCCC(O)C1CCCCC1C(=O)O. The molecular formula is C11H20O3. The van der Waals surface area contributed by atoms with Crippen LogP contribution in [0.15, 0.2) is 0 Å². The van der Waals surface area contributed by atoms with Crippen molar-refractivity contribution in [2.75, 3.05) is 0 Å². The first-order valence-corrected chi connectivity index (χ1v) is 5.57. The molecule has 0 aromatic heterocycles. The summed E-state index contributed by atoms with van der Waals surface area (Å²) >= 11 is 0. The van der Waals surface area contributed by atoms with Gasteiger partial charge in [0.2, 0.25) is 0 Å². The predicted molar refractivity (Wildman–Crippen MR) is 54.0 cm³/mol. The van der Waals surface area contributed by atoms with Gasteiger partial charge in [-0.05, 0) is 25.2 Å². The van der Waals surface area contributed by atoms with Gasteiger partial charge in [-0.1, -0.05) is 26.2 Å². The molecule has 2 N–H and O–H groups in total. The fourth-order valence-electron chi connectivity index (χ4n) is 2.44. The Labute approximate surface area is 85.1 Å². The molecule has 0 spiro atoms. The lowest BCUT2D eigenvalue weighted by Crippen LogP contribution is -2.35. The first kappa shape index (κ1) is 11.5. The van der Waals surface area contributed by atoms with Gasteiger partial charge in [0.05, 0.1) is 12.0 Å². The van der Waals surface area contributed by atoms with Crippen LogP contribution >= 0.6 is 0 Å². The molecule has 0 amide bonds. The molecule has 0 aromatic carbocycles. The molecule has 0 aliphatic heterocycles. The van der Waals surface area contributed by atoms with Crippen molar-refractivity contribution in [1.29, 1.82) is 0 Å². The normalized spacial score (nSPS) is 29.9. The van der Waals surface area contributed by atoms with Crippen LogP contribution in [-0.4, -0.2) is 22.3 Å². The quantitative estimate of drug-likeness (QED) is 0.730. The van der Waals surface area contributed by atoms with Crippen molar-refractivity contribution in [3.8, 4) is 0 Å². The molecule has 3 unspecified atom stereocenters. The van der Waals surface area contributed by atoms with Gasteiger partial charge < -0.3 is 10.2 Å². The van der Waals surface area contributed by atoms with E-state index in [-0.39, 0.29) is 11.8 Å². The van der Waals surface area contributed by atoms with Crippen molar-refractivity contribution >= 4 is 5.97 Å². The molecule has 0 heterocycles. The number of aliphatic hydroxyl groups is 1. The number of rotatable bonds is 4. The van der Waals surface area contributed by atoms with E-state index in [1.165, 1.54) is 0 Å². The first-order valence-electron chi connectivity index (χ1n) is 5.57. The maximum atomic E-state index is 11.0. The number of carboxylic acid groups (broad SMARTS) is 1. The monoisotopic (exact) mass is 200 g/mol. The van der Waals surface area contributed by atoms with Crippen LogP contribution in [-0.2, 0) is 4.79 Å². The van der Waals surface area contributed by atoms with Crippen LogP contribution in [0.1, 0.15) is 45.4 Å². The molecular weight excluding hydrogens is 180 g/mol. The smallest absolute Gasteiger partial charge is 0.306 e. The first-order chi connectivity index (χ1) is 6.66. The van der Waals surface area contributed by atoms with Gasteiger partial charge in [0.1, 0.15) is 0 Å². The molecule has 3 nitrogen and oxygen atoms in total. The highest BCUT2D eigenvalue weighted by Gasteiger charge is 2.34. The van der Waals surface area contributed by atoms with Crippen molar-refractivity contribution in [3.63, 3.8) is 0 Å². The molecule has 0 bridgehead atoms. The molecule has 1 aliphatic rings. The Morgan fingerprint density at radius 1 is 1.43 bits per heavy atom. The summed E-state index contributed by atoms with van der Waals surface area (Å²) in [5.41, 5.74) is 0. The summed E-state index contributed by atoms with van der Waals surface area (Å²) in [7, 11) is 0. The highest BCUT2D eigenvalue weighted by Crippen LogP contribution is 2.33. The lowest BCUT2D eigenvalue weighted by molar-refractivity contribution is -0.147. The second-order valence-electron chi connectivity index (χ2n) is 4.25. The lowest BCUT2D eigenvalue weighted by Gasteiger charge is -2.32. The Hall–Kier alpha value is -0.570. The van der Waals surface area contributed by atoms with E-state index >= 15 is 0 Å².